The van der Waals surface area contributed by atoms with Crippen LogP contribution < -0.4 is 0 Å². The number of allylic oxidation sites excluding steroid dienone is 2. The Kier molecular flexibility index (Phi) is 5.97. The number of carbonyl (C=O) groups excluding carboxylic acids is 2. The summed E-state index contributed by atoms with van der Waals surface area (Å²) in [5.74, 6) is -0.355. The van der Waals surface area contributed by atoms with Crippen molar-refractivity contribution in [1.82, 2.24) is 0 Å². The van der Waals surface area contributed by atoms with Crippen molar-refractivity contribution < 1.29 is 19.8 Å². The molecular formula is C19H24O4. The Labute approximate surface area is 136 Å². The zero-order chi connectivity index (χ0) is 16.8. The van der Waals surface area contributed by atoms with Gasteiger partial charge >= 0.3 is 0 Å². The van der Waals surface area contributed by atoms with E-state index in [0.29, 0.717) is 18.4 Å². The maximum absolute atomic E-state index is 12.5. The molecule has 4 nitrogen and oxygen atoms in total. The standard InChI is InChI=1S/C19H24O4/c1-13-7-5-3-2-4-6-8-15(20)10-14-11-16(21)12-18(23)19(14)17(22)9-13/h3,5,11-13,21,23H,2,4,6-10H2,1H3. The maximum Gasteiger partial charge on any atom is 0.167 e. The summed E-state index contributed by atoms with van der Waals surface area (Å²) in [6, 6.07) is 2.58. The van der Waals surface area contributed by atoms with Gasteiger partial charge in [0.05, 0.1) is 5.56 Å². The number of hydrogen-bond acceptors (Lipinski definition) is 4. The zero-order valence-corrected chi connectivity index (χ0v) is 13.5. The topological polar surface area (TPSA) is 74.6 Å². The summed E-state index contributed by atoms with van der Waals surface area (Å²) in [6.07, 6.45) is 8.58. The fraction of sp³-hybridized carbons (Fsp3) is 0.474. The Hall–Kier alpha value is -2.10. The summed E-state index contributed by atoms with van der Waals surface area (Å²) in [5.41, 5.74) is 0.612. The van der Waals surface area contributed by atoms with Gasteiger partial charge < -0.3 is 10.2 Å². The first-order valence-corrected chi connectivity index (χ1v) is 8.22. The lowest BCUT2D eigenvalue weighted by Gasteiger charge is -2.14. The first-order valence-electron chi connectivity index (χ1n) is 8.22. The second kappa shape index (κ2) is 7.95. The molecule has 0 aromatic heterocycles. The van der Waals surface area contributed by atoms with Crippen LogP contribution in [0.2, 0.25) is 0 Å². The summed E-state index contributed by atoms with van der Waals surface area (Å²) in [6.45, 7) is 2.00. The van der Waals surface area contributed by atoms with Crippen molar-refractivity contribution in [3.63, 3.8) is 0 Å². The number of phenolic OH excluding ortho intramolecular Hbond substituents is 2. The Morgan fingerprint density at radius 2 is 1.87 bits per heavy atom. The highest BCUT2D eigenvalue weighted by Gasteiger charge is 2.21. The molecule has 0 spiro atoms. The molecule has 0 aliphatic heterocycles. The van der Waals surface area contributed by atoms with Gasteiger partial charge in [-0.05, 0) is 43.2 Å². The van der Waals surface area contributed by atoms with Gasteiger partial charge in [0.1, 0.15) is 17.3 Å². The normalized spacial score (nSPS) is 20.8. The van der Waals surface area contributed by atoms with E-state index in [2.05, 4.69) is 12.2 Å². The fourth-order valence-corrected chi connectivity index (χ4v) is 2.96. The second-order valence-corrected chi connectivity index (χ2v) is 6.40. The van der Waals surface area contributed by atoms with Crippen LogP contribution in [0.3, 0.4) is 0 Å². The molecule has 1 atom stereocenters. The molecule has 2 N–H and O–H groups in total. The molecule has 0 radical (unpaired) electrons. The zero-order valence-electron chi connectivity index (χ0n) is 13.5. The average molecular weight is 316 g/mol. The minimum absolute atomic E-state index is 0.0261. The van der Waals surface area contributed by atoms with Crippen molar-refractivity contribution in [1.29, 1.82) is 0 Å². The molecule has 1 aliphatic carbocycles. The van der Waals surface area contributed by atoms with Crippen molar-refractivity contribution in [2.75, 3.05) is 0 Å². The van der Waals surface area contributed by atoms with E-state index in [9.17, 15) is 19.8 Å². The van der Waals surface area contributed by atoms with Crippen LogP contribution in [0.1, 0.15) is 61.4 Å². The van der Waals surface area contributed by atoms with Gasteiger partial charge in [-0.3, -0.25) is 9.59 Å². The number of carbonyl (C=O) groups is 2. The first kappa shape index (κ1) is 17.3. The molecule has 0 fully saturated rings. The van der Waals surface area contributed by atoms with Crippen molar-refractivity contribution in [2.45, 2.75) is 51.9 Å². The Morgan fingerprint density at radius 3 is 2.65 bits per heavy atom. The van der Waals surface area contributed by atoms with Crippen molar-refractivity contribution in [2.24, 2.45) is 5.92 Å². The van der Waals surface area contributed by atoms with Crippen molar-refractivity contribution >= 4 is 11.6 Å². The highest BCUT2D eigenvalue weighted by Crippen LogP contribution is 2.30. The Bertz CT molecular complexity index is 616. The monoisotopic (exact) mass is 316 g/mol. The van der Waals surface area contributed by atoms with Crippen molar-refractivity contribution in [3.05, 3.63) is 35.4 Å². The van der Waals surface area contributed by atoms with Crippen LogP contribution >= 0.6 is 0 Å². The van der Waals surface area contributed by atoms with Gasteiger partial charge in [-0.15, -0.1) is 0 Å². The van der Waals surface area contributed by atoms with E-state index in [0.717, 1.165) is 31.7 Å². The third kappa shape index (κ3) is 4.95. The molecule has 0 saturated carbocycles. The van der Waals surface area contributed by atoms with E-state index in [4.69, 9.17) is 0 Å². The van der Waals surface area contributed by atoms with Gasteiger partial charge in [0, 0.05) is 25.3 Å². The van der Waals surface area contributed by atoms with E-state index in [-0.39, 0.29) is 41.0 Å². The van der Waals surface area contributed by atoms with Gasteiger partial charge in [0.15, 0.2) is 5.78 Å². The van der Waals surface area contributed by atoms with Crippen LogP contribution in [0.5, 0.6) is 11.5 Å². The molecule has 1 aliphatic rings. The van der Waals surface area contributed by atoms with E-state index in [1.54, 1.807) is 0 Å². The van der Waals surface area contributed by atoms with E-state index in [1.807, 2.05) is 6.92 Å². The molecule has 4 heteroatoms. The van der Waals surface area contributed by atoms with Crippen LogP contribution in [-0.4, -0.2) is 21.8 Å². The lowest BCUT2D eigenvalue weighted by Crippen LogP contribution is -2.12. The maximum atomic E-state index is 12.5. The number of phenols is 2. The van der Waals surface area contributed by atoms with E-state index in [1.165, 1.54) is 6.07 Å². The fourth-order valence-electron chi connectivity index (χ4n) is 2.96. The van der Waals surface area contributed by atoms with Gasteiger partial charge in [-0.2, -0.15) is 0 Å². The van der Waals surface area contributed by atoms with Gasteiger partial charge in [0.2, 0.25) is 0 Å². The molecular weight excluding hydrogens is 292 g/mol. The van der Waals surface area contributed by atoms with Crippen molar-refractivity contribution in [3.8, 4) is 11.5 Å². The highest BCUT2D eigenvalue weighted by molar-refractivity contribution is 6.01. The number of rotatable bonds is 0. The molecule has 0 bridgehead atoms. The van der Waals surface area contributed by atoms with E-state index >= 15 is 0 Å². The number of aromatic hydroxyl groups is 2. The Morgan fingerprint density at radius 1 is 1.09 bits per heavy atom. The summed E-state index contributed by atoms with van der Waals surface area (Å²) in [7, 11) is 0. The third-order valence-electron chi connectivity index (χ3n) is 4.17. The quantitative estimate of drug-likeness (QED) is 0.711. The second-order valence-electron chi connectivity index (χ2n) is 6.40. The minimum Gasteiger partial charge on any atom is -0.508 e. The average Bonchev–Trinajstić information content (AvgIpc) is 2.44. The van der Waals surface area contributed by atoms with Gasteiger partial charge in [-0.1, -0.05) is 19.1 Å². The summed E-state index contributed by atoms with van der Waals surface area (Å²) in [4.78, 5) is 24.7. The molecule has 2 rings (SSSR count). The van der Waals surface area contributed by atoms with Gasteiger partial charge in [-0.25, -0.2) is 0 Å². The van der Waals surface area contributed by atoms with Crippen LogP contribution in [0.4, 0.5) is 0 Å². The molecule has 1 unspecified atom stereocenters. The number of fused-ring (bicyclic) bond motifs is 1. The lowest BCUT2D eigenvalue weighted by atomic mass is 9.90. The molecule has 1 aromatic carbocycles. The number of Topliss-reactive ketones (excluding diaryl/α,β-unsaturated/α-hetero) is 2. The number of benzene rings is 1. The highest BCUT2D eigenvalue weighted by atomic mass is 16.3. The molecule has 0 saturated heterocycles. The molecule has 124 valence electrons. The van der Waals surface area contributed by atoms with Gasteiger partial charge in [0.25, 0.3) is 0 Å². The third-order valence-corrected chi connectivity index (χ3v) is 4.17. The summed E-state index contributed by atoms with van der Waals surface area (Å²) >= 11 is 0. The lowest BCUT2D eigenvalue weighted by molar-refractivity contribution is -0.118. The largest absolute Gasteiger partial charge is 0.508 e. The molecule has 23 heavy (non-hydrogen) atoms. The van der Waals surface area contributed by atoms with Crippen LogP contribution in [0.25, 0.3) is 0 Å². The van der Waals surface area contributed by atoms with Crippen LogP contribution in [0, 0.1) is 5.92 Å². The number of ketones is 2. The van der Waals surface area contributed by atoms with Crippen LogP contribution in [-0.2, 0) is 11.2 Å². The predicted molar refractivity (Wildman–Crippen MR) is 88.8 cm³/mol. The SMILES string of the molecule is CC1CC=CCCCCC(=O)Cc2cc(O)cc(O)c2C(=O)C1. The smallest absolute Gasteiger partial charge is 0.167 e. The van der Waals surface area contributed by atoms with E-state index < -0.39 is 0 Å². The molecule has 0 heterocycles. The summed E-state index contributed by atoms with van der Waals surface area (Å²) < 4.78 is 0. The predicted octanol–water partition coefficient (Wildman–Crippen LogP) is 3.94. The number of hydrogen-bond donors (Lipinski definition) is 2. The molecule has 1 aromatic rings. The minimum atomic E-state index is -0.243. The first-order chi connectivity index (χ1) is 11.0. The van der Waals surface area contributed by atoms with Crippen LogP contribution in [0.15, 0.2) is 24.3 Å². The summed E-state index contributed by atoms with van der Waals surface area (Å²) in [5, 5.41) is 19.8. The Balaban J connectivity index is 2.34. The molecule has 0 amide bonds.